The Bertz CT molecular complexity index is 678. The molecule has 1 aliphatic rings. The average Bonchev–Trinajstić information content (AvgIpc) is 3.09. The highest BCUT2D eigenvalue weighted by molar-refractivity contribution is 5.41. The molecule has 2 aromatic heterocycles. The first-order valence-electron chi connectivity index (χ1n) is 9.39. The van der Waals surface area contributed by atoms with E-state index in [1.165, 1.54) is 5.56 Å². The molecular formula is C19H29N5O. The standard InChI is InChI=1S/C19H29N5O/c1-4-8-23(12-16-11-20-24(5-2)13-16)18-10-15(3)21-19(22-18)17-7-6-9-25-14-17/h10-11,13,17H,4-9,12,14H2,1-3H3. The third-order valence-electron chi connectivity index (χ3n) is 4.59. The second-order valence-corrected chi connectivity index (χ2v) is 6.77. The van der Waals surface area contributed by atoms with Crippen LogP contribution in [0.2, 0.25) is 0 Å². The fourth-order valence-corrected chi connectivity index (χ4v) is 3.29. The van der Waals surface area contributed by atoms with E-state index >= 15 is 0 Å². The Morgan fingerprint density at radius 2 is 2.20 bits per heavy atom. The maximum atomic E-state index is 5.63. The van der Waals surface area contributed by atoms with Gasteiger partial charge in [-0.05, 0) is 33.1 Å². The van der Waals surface area contributed by atoms with Crippen molar-refractivity contribution in [2.75, 3.05) is 24.7 Å². The van der Waals surface area contributed by atoms with E-state index in [-0.39, 0.29) is 0 Å². The van der Waals surface area contributed by atoms with E-state index in [4.69, 9.17) is 14.7 Å². The zero-order chi connectivity index (χ0) is 17.6. The Balaban J connectivity index is 1.83. The van der Waals surface area contributed by atoms with Crippen molar-refractivity contribution < 1.29 is 4.74 Å². The molecular weight excluding hydrogens is 314 g/mol. The summed E-state index contributed by atoms with van der Waals surface area (Å²) >= 11 is 0. The molecule has 6 nitrogen and oxygen atoms in total. The van der Waals surface area contributed by atoms with Gasteiger partial charge in [0.2, 0.25) is 0 Å². The highest BCUT2D eigenvalue weighted by Gasteiger charge is 2.21. The van der Waals surface area contributed by atoms with Crippen LogP contribution in [-0.2, 0) is 17.8 Å². The number of aromatic nitrogens is 4. The van der Waals surface area contributed by atoms with Crippen molar-refractivity contribution in [3.8, 4) is 0 Å². The molecule has 6 heteroatoms. The molecule has 3 rings (SSSR count). The van der Waals surface area contributed by atoms with E-state index in [2.05, 4.69) is 43.0 Å². The number of anilines is 1. The van der Waals surface area contributed by atoms with Crippen LogP contribution in [0.4, 0.5) is 5.82 Å². The summed E-state index contributed by atoms with van der Waals surface area (Å²) in [6, 6.07) is 2.09. The Morgan fingerprint density at radius 3 is 2.88 bits per heavy atom. The van der Waals surface area contributed by atoms with Crippen LogP contribution in [0, 0.1) is 6.92 Å². The van der Waals surface area contributed by atoms with Crippen molar-refractivity contribution >= 4 is 5.82 Å². The van der Waals surface area contributed by atoms with Gasteiger partial charge in [-0.2, -0.15) is 5.10 Å². The molecule has 0 radical (unpaired) electrons. The lowest BCUT2D eigenvalue weighted by atomic mass is 10.0. The first-order valence-corrected chi connectivity index (χ1v) is 9.39. The number of aryl methyl sites for hydroxylation is 2. The average molecular weight is 343 g/mol. The zero-order valence-corrected chi connectivity index (χ0v) is 15.6. The van der Waals surface area contributed by atoms with E-state index in [1.807, 2.05) is 10.9 Å². The Kier molecular flexibility index (Phi) is 6.02. The maximum absolute atomic E-state index is 5.63. The predicted octanol–water partition coefficient (Wildman–Crippen LogP) is 3.31. The van der Waals surface area contributed by atoms with Gasteiger partial charge in [0.25, 0.3) is 0 Å². The van der Waals surface area contributed by atoms with Gasteiger partial charge in [-0.25, -0.2) is 9.97 Å². The molecule has 25 heavy (non-hydrogen) atoms. The fourth-order valence-electron chi connectivity index (χ4n) is 3.29. The highest BCUT2D eigenvalue weighted by Crippen LogP contribution is 2.25. The van der Waals surface area contributed by atoms with Crippen LogP contribution in [0.5, 0.6) is 0 Å². The predicted molar refractivity (Wildman–Crippen MR) is 98.8 cm³/mol. The van der Waals surface area contributed by atoms with E-state index in [1.54, 1.807) is 0 Å². The summed E-state index contributed by atoms with van der Waals surface area (Å²) in [4.78, 5) is 11.9. The zero-order valence-electron chi connectivity index (χ0n) is 15.6. The van der Waals surface area contributed by atoms with Crippen molar-refractivity contribution in [2.45, 2.75) is 59.0 Å². The van der Waals surface area contributed by atoms with Gasteiger partial charge in [-0.1, -0.05) is 6.92 Å². The maximum Gasteiger partial charge on any atom is 0.136 e. The lowest BCUT2D eigenvalue weighted by Gasteiger charge is -2.26. The molecule has 1 aliphatic heterocycles. The van der Waals surface area contributed by atoms with E-state index in [0.29, 0.717) is 5.92 Å². The third kappa shape index (κ3) is 4.57. The first-order chi connectivity index (χ1) is 12.2. The molecule has 3 heterocycles. The Labute approximate surface area is 150 Å². The van der Waals surface area contributed by atoms with Crippen molar-refractivity contribution in [3.05, 3.63) is 35.5 Å². The first kappa shape index (κ1) is 17.9. The number of rotatable bonds is 7. The summed E-state index contributed by atoms with van der Waals surface area (Å²) in [5, 5.41) is 4.39. The second kappa shape index (κ2) is 8.43. The minimum absolute atomic E-state index is 0.318. The van der Waals surface area contributed by atoms with Gasteiger partial charge >= 0.3 is 0 Å². The minimum atomic E-state index is 0.318. The topological polar surface area (TPSA) is 56.1 Å². The molecule has 0 N–H and O–H groups in total. The largest absolute Gasteiger partial charge is 0.381 e. The smallest absolute Gasteiger partial charge is 0.136 e. The number of hydrogen-bond acceptors (Lipinski definition) is 5. The van der Waals surface area contributed by atoms with Crippen molar-refractivity contribution in [1.29, 1.82) is 0 Å². The van der Waals surface area contributed by atoms with Crippen LogP contribution in [0.3, 0.4) is 0 Å². The molecule has 1 saturated heterocycles. The summed E-state index contributed by atoms with van der Waals surface area (Å²) in [5.74, 6) is 2.26. The highest BCUT2D eigenvalue weighted by atomic mass is 16.5. The molecule has 0 spiro atoms. The van der Waals surface area contributed by atoms with Gasteiger partial charge in [0.15, 0.2) is 0 Å². The van der Waals surface area contributed by atoms with Crippen LogP contribution in [-0.4, -0.2) is 39.5 Å². The summed E-state index contributed by atoms with van der Waals surface area (Å²) in [7, 11) is 0. The number of ether oxygens (including phenoxy) is 1. The second-order valence-electron chi connectivity index (χ2n) is 6.77. The number of hydrogen-bond donors (Lipinski definition) is 0. The number of nitrogens with zero attached hydrogens (tertiary/aromatic N) is 5. The Morgan fingerprint density at radius 1 is 1.32 bits per heavy atom. The monoisotopic (exact) mass is 343 g/mol. The fraction of sp³-hybridized carbons (Fsp3) is 0.632. The molecule has 0 aromatic carbocycles. The van der Waals surface area contributed by atoms with Gasteiger partial charge in [0.1, 0.15) is 11.6 Å². The third-order valence-corrected chi connectivity index (χ3v) is 4.59. The summed E-state index contributed by atoms with van der Waals surface area (Å²) in [5.41, 5.74) is 2.24. The molecule has 136 valence electrons. The van der Waals surface area contributed by atoms with Crippen LogP contribution >= 0.6 is 0 Å². The van der Waals surface area contributed by atoms with E-state index in [9.17, 15) is 0 Å². The summed E-state index contributed by atoms with van der Waals surface area (Å²) < 4.78 is 7.60. The molecule has 1 atom stereocenters. The molecule has 0 saturated carbocycles. The van der Waals surface area contributed by atoms with Crippen LogP contribution in [0.15, 0.2) is 18.5 Å². The van der Waals surface area contributed by atoms with Crippen molar-refractivity contribution in [3.63, 3.8) is 0 Å². The van der Waals surface area contributed by atoms with Crippen LogP contribution in [0.25, 0.3) is 0 Å². The molecule has 1 unspecified atom stereocenters. The molecule has 2 aromatic rings. The molecule has 1 fully saturated rings. The Hall–Kier alpha value is -1.95. The van der Waals surface area contributed by atoms with Gasteiger partial charge in [0.05, 0.1) is 12.8 Å². The van der Waals surface area contributed by atoms with Crippen LogP contribution < -0.4 is 4.90 Å². The van der Waals surface area contributed by atoms with Gasteiger partial charge in [0, 0.05) is 55.7 Å². The normalized spacial score (nSPS) is 17.6. The lowest BCUT2D eigenvalue weighted by molar-refractivity contribution is 0.0780. The van der Waals surface area contributed by atoms with E-state index in [0.717, 1.165) is 69.4 Å². The van der Waals surface area contributed by atoms with Crippen molar-refractivity contribution in [2.24, 2.45) is 0 Å². The molecule has 0 amide bonds. The summed E-state index contributed by atoms with van der Waals surface area (Å²) in [6.07, 6.45) is 7.35. The van der Waals surface area contributed by atoms with Gasteiger partial charge < -0.3 is 9.64 Å². The lowest BCUT2D eigenvalue weighted by Crippen LogP contribution is -2.26. The minimum Gasteiger partial charge on any atom is -0.381 e. The van der Waals surface area contributed by atoms with Gasteiger partial charge in [-0.15, -0.1) is 0 Å². The quantitative estimate of drug-likeness (QED) is 0.772. The SMILES string of the molecule is CCCN(Cc1cnn(CC)c1)c1cc(C)nc(C2CCCOC2)n1. The molecule has 0 bridgehead atoms. The molecule has 0 aliphatic carbocycles. The summed E-state index contributed by atoms with van der Waals surface area (Å²) in [6.45, 7) is 10.6. The van der Waals surface area contributed by atoms with Crippen molar-refractivity contribution in [1.82, 2.24) is 19.7 Å². The van der Waals surface area contributed by atoms with E-state index < -0.39 is 0 Å². The van der Waals surface area contributed by atoms with Crippen LogP contribution in [0.1, 0.15) is 56.1 Å². The van der Waals surface area contributed by atoms with Gasteiger partial charge in [-0.3, -0.25) is 4.68 Å².